The summed E-state index contributed by atoms with van der Waals surface area (Å²) >= 11 is 0. The fraction of sp³-hybridized carbons (Fsp3) is 0.364. The molecule has 5 heteroatoms. The van der Waals surface area contributed by atoms with Crippen LogP contribution in [-0.2, 0) is 6.54 Å². The molecule has 0 aliphatic heterocycles. The van der Waals surface area contributed by atoms with Crippen molar-refractivity contribution in [3.63, 3.8) is 0 Å². The molecule has 2 N–H and O–H groups in total. The summed E-state index contributed by atoms with van der Waals surface area (Å²) < 4.78 is 1.68. The largest absolute Gasteiger partial charge is 0.325 e. The van der Waals surface area contributed by atoms with Crippen LogP contribution in [0.1, 0.15) is 31.2 Å². The molecule has 5 nitrogen and oxygen atoms in total. The highest BCUT2D eigenvalue weighted by Crippen LogP contribution is 2.12. The lowest BCUT2D eigenvalue weighted by atomic mass is 10.1. The second kappa shape index (κ2) is 4.40. The molecule has 0 saturated heterocycles. The van der Waals surface area contributed by atoms with E-state index in [2.05, 4.69) is 28.9 Å². The molecule has 2 heterocycles. The van der Waals surface area contributed by atoms with Gasteiger partial charge >= 0.3 is 0 Å². The summed E-state index contributed by atoms with van der Waals surface area (Å²) in [5.41, 5.74) is 7.37. The first-order chi connectivity index (χ1) is 7.70. The monoisotopic (exact) mass is 217 g/mol. The standard InChI is InChI=1S/C11H15N5/c1-8(2)10-4-6-16(15-10)11-13-5-3-9(7-12)14-11/h3-6,8H,7,12H2,1-2H3. The molecule has 0 aliphatic rings. The zero-order chi connectivity index (χ0) is 11.5. The average Bonchev–Trinajstić information content (AvgIpc) is 2.78. The van der Waals surface area contributed by atoms with E-state index in [-0.39, 0.29) is 0 Å². The highest BCUT2D eigenvalue weighted by atomic mass is 15.3. The lowest BCUT2D eigenvalue weighted by Gasteiger charge is -2.02. The van der Waals surface area contributed by atoms with Gasteiger partial charge in [0, 0.05) is 18.9 Å². The van der Waals surface area contributed by atoms with Crippen LogP contribution in [0, 0.1) is 0 Å². The normalized spacial score (nSPS) is 11.0. The van der Waals surface area contributed by atoms with E-state index in [1.54, 1.807) is 16.9 Å². The van der Waals surface area contributed by atoms with E-state index in [0.717, 1.165) is 11.4 Å². The number of aromatic nitrogens is 4. The third kappa shape index (κ3) is 2.09. The molecule has 0 bridgehead atoms. The second-order valence-corrected chi connectivity index (χ2v) is 3.89. The van der Waals surface area contributed by atoms with E-state index in [1.165, 1.54) is 0 Å². The van der Waals surface area contributed by atoms with Crippen molar-refractivity contribution >= 4 is 0 Å². The van der Waals surface area contributed by atoms with E-state index >= 15 is 0 Å². The minimum atomic E-state index is 0.402. The van der Waals surface area contributed by atoms with E-state index in [9.17, 15) is 0 Å². The third-order valence-corrected chi connectivity index (χ3v) is 2.32. The summed E-state index contributed by atoms with van der Waals surface area (Å²) in [6, 6.07) is 3.78. The van der Waals surface area contributed by atoms with Crippen molar-refractivity contribution in [3.8, 4) is 5.95 Å². The van der Waals surface area contributed by atoms with E-state index in [4.69, 9.17) is 5.73 Å². The van der Waals surface area contributed by atoms with Gasteiger partial charge in [-0.2, -0.15) is 5.10 Å². The quantitative estimate of drug-likeness (QED) is 0.839. The van der Waals surface area contributed by atoms with Gasteiger partial charge in [0.05, 0.1) is 11.4 Å². The van der Waals surface area contributed by atoms with Crippen molar-refractivity contribution in [1.29, 1.82) is 0 Å². The first-order valence-corrected chi connectivity index (χ1v) is 5.28. The van der Waals surface area contributed by atoms with Gasteiger partial charge in [-0.15, -0.1) is 0 Å². The molecule has 2 aromatic rings. The maximum Gasteiger partial charge on any atom is 0.250 e. The molecule has 0 radical (unpaired) electrons. The van der Waals surface area contributed by atoms with Crippen molar-refractivity contribution in [1.82, 2.24) is 19.7 Å². The zero-order valence-corrected chi connectivity index (χ0v) is 9.46. The van der Waals surface area contributed by atoms with E-state index in [1.807, 2.05) is 12.3 Å². The van der Waals surface area contributed by atoms with Crippen LogP contribution in [0.25, 0.3) is 5.95 Å². The molecule has 84 valence electrons. The second-order valence-electron chi connectivity index (χ2n) is 3.89. The Morgan fingerprint density at radius 3 is 2.81 bits per heavy atom. The van der Waals surface area contributed by atoms with Crippen molar-refractivity contribution in [2.24, 2.45) is 5.73 Å². The first kappa shape index (κ1) is 10.8. The van der Waals surface area contributed by atoms with Gasteiger partial charge in [-0.1, -0.05) is 13.8 Å². The number of nitrogens with two attached hydrogens (primary N) is 1. The predicted octanol–water partition coefficient (Wildman–Crippen LogP) is 1.24. The molecule has 0 atom stereocenters. The van der Waals surface area contributed by atoms with Crippen LogP contribution in [0.5, 0.6) is 0 Å². The van der Waals surface area contributed by atoms with Gasteiger partial charge in [0.25, 0.3) is 5.95 Å². The van der Waals surface area contributed by atoms with Gasteiger partial charge in [0.1, 0.15) is 0 Å². The molecular formula is C11H15N5. The summed E-state index contributed by atoms with van der Waals surface area (Å²) in [5, 5.41) is 4.41. The van der Waals surface area contributed by atoms with Gasteiger partial charge < -0.3 is 5.73 Å². The van der Waals surface area contributed by atoms with Gasteiger partial charge in [-0.3, -0.25) is 0 Å². The van der Waals surface area contributed by atoms with Crippen molar-refractivity contribution in [2.75, 3.05) is 0 Å². The Balaban J connectivity index is 2.34. The fourth-order valence-electron chi connectivity index (χ4n) is 1.37. The molecule has 0 spiro atoms. The minimum absolute atomic E-state index is 0.402. The summed E-state index contributed by atoms with van der Waals surface area (Å²) in [6.45, 7) is 4.61. The Morgan fingerprint density at radius 2 is 2.19 bits per heavy atom. The lowest BCUT2D eigenvalue weighted by molar-refractivity contribution is 0.736. The Morgan fingerprint density at radius 1 is 1.38 bits per heavy atom. The van der Waals surface area contributed by atoms with Crippen molar-refractivity contribution in [3.05, 3.63) is 35.9 Å². The smallest absolute Gasteiger partial charge is 0.250 e. The fourth-order valence-corrected chi connectivity index (χ4v) is 1.37. The summed E-state index contributed by atoms with van der Waals surface area (Å²) in [6.07, 6.45) is 3.56. The summed E-state index contributed by atoms with van der Waals surface area (Å²) in [4.78, 5) is 8.46. The Labute approximate surface area is 94.3 Å². The predicted molar refractivity (Wildman–Crippen MR) is 61.1 cm³/mol. The number of hydrogen-bond acceptors (Lipinski definition) is 4. The van der Waals surface area contributed by atoms with Crippen LogP contribution < -0.4 is 5.73 Å². The van der Waals surface area contributed by atoms with Gasteiger partial charge in [0.2, 0.25) is 0 Å². The van der Waals surface area contributed by atoms with Crippen molar-refractivity contribution in [2.45, 2.75) is 26.3 Å². The third-order valence-electron chi connectivity index (χ3n) is 2.32. The molecule has 0 unspecified atom stereocenters. The Bertz CT molecular complexity index is 475. The molecule has 0 amide bonds. The van der Waals surface area contributed by atoms with E-state index in [0.29, 0.717) is 18.4 Å². The molecule has 0 aromatic carbocycles. The Kier molecular flexibility index (Phi) is 2.96. The van der Waals surface area contributed by atoms with Crippen LogP contribution in [0.4, 0.5) is 0 Å². The molecule has 2 aromatic heterocycles. The Hall–Kier alpha value is -1.75. The van der Waals surface area contributed by atoms with Crippen LogP contribution in [0.3, 0.4) is 0 Å². The summed E-state index contributed by atoms with van der Waals surface area (Å²) in [7, 11) is 0. The van der Waals surface area contributed by atoms with Gasteiger partial charge in [0.15, 0.2) is 0 Å². The van der Waals surface area contributed by atoms with Gasteiger partial charge in [-0.05, 0) is 18.1 Å². The lowest BCUT2D eigenvalue weighted by Crippen LogP contribution is -2.07. The molecule has 0 fully saturated rings. The first-order valence-electron chi connectivity index (χ1n) is 5.28. The van der Waals surface area contributed by atoms with E-state index < -0.39 is 0 Å². The highest BCUT2D eigenvalue weighted by Gasteiger charge is 2.06. The minimum Gasteiger partial charge on any atom is -0.325 e. The van der Waals surface area contributed by atoms with Gasteiger partial charge in [-0.25, -0.2) is 14.6 Å². The maximum atomic E-state index is 5.53. The molecule has 2 rings (SSSR count). The molecule has 0 saturated carbocycles. The molecule has 16 heavy (non-hydrogen) atoms. The highest BCUT2D eigenvalue weighted by molar-refractivity contribution is 5.16. The number of rotatable bonds is 3. The number of hydrogen-bond donors (Lipinski definition) is 1. The van der Waals surface area contributed by atoms with Crippen LogP contribution >= 0.6 is 0 Å². The SMILES string of the molecule is CC(C)c1ccn(-c2nccc(CN)n2)n1. The van der Waals surface area contributed by atoms with Crippen LogP contribution in [-0.4, -0.2) is 19.7 Å². The van der Waals surface area contributed by atoms with Crippen molar-refractivity contribution < 1.29 is 0 Å². The maximum absolute atomic E-state index is 5.53. The topological polar surface area (TPSA) is 69.6 Å². The van der Waals surface area contributed by atoms with Crippen LogP contribution in [0.15, 0.2) is 24.5 Å². The van der Waals surface area contributed by atoms with Crippen LogP contribution in [0.2, 0.25) is 0 Å². The average molecular weight is 217 g/mol. The number of nitrogens with zero attached hydrogens (tertiary/aromatic N) is 4. The molecular weight excluding hydrogens is 202 g/mol. The molecule has 0 aliphatic carbocycles. The zero-order valence-electron chi connectivity index (χ0n) is 9.46. The summed E-state index contributed by atoms with van der Waals surface area (Å²) in [5.74, 6) is 0.966.